The first-order valence-corrected chi connectivity index (χ1v) is 12.3. The van der Waals surface area contributed by atoms with Crippen LogP contribution in [0.1, 0.15) is 65.5 Å². The van der Waals surface area contributed by atoms with Crippen LogP contribution in [0, 0.1) is 0 Å². The number of hydrogen-bond acceptors (Lipinski definition) is 5. The lowest BCUT2D eigenvalue weighted by molar-refractivity contribution is 0.218. The molecule has 0 aliphatic rings. The van der Waals surface area contributed by atoms with E-state index in [1.54, 1.807) is 6.26 Å². The molecule has 0 spiro atoms. The fourth-order valence-electron chi connectivity index (χ4n) is 4.18. The molecule has 4 N–H and O–H groups in total. The van der Waals surface area contributed by atoms with Gasteiger partial charge in [-0.25, -0.2) is 9.98 Å². The van der Waals surface area contributed by atoms with E-state index in [0.29, 0.717) is 11.7 Å². The van der Waals surface area contributed by atoms with E-state index in [0.717, 1.165) is 61.5 Å². The molecule has 33 heavy (non-hydrogen) atoms. The molecule has 0 saturated carbocycles. The summed E-state index contributed by atoms with van der Waals surface area (Å²) in [5.41, 5.74) is 15.6. The number of aliphatic imine (C=N–C) groups is 2. The second-order valence-electron chi connectivity index (χ2n) is 7.99. The van der Waals surface area contributed by atoms with E-state index >= 15 is 0 Å². The van der Waals surface area contributed by atoms with Crippen molar-refractivity contribution in [2.75, 3.05) is 26.2 Å². The van der Waals surface area contributed by atoms with Crippen LogP contribution in [0.2, 0.25) is 0 Å². The van der Waals surface area contributed by atoms with Crippen molar-refractivity contribution in [2.45, 2.75) is 66.7 Å². The van der Waals surface area contributed by atoms with Gasteiger partial charge >= 0.3 is 0 Å². The maximum atomic E-state index is 6.61. The Hall–Kier alpha value is -2.64. The Kier molecular flexibility index (Phi) is 10.6. The first kappa shape index (κ1) is 26.6. The third kappa shape index (κ3) is 6.68. The average molecular weight is 455 g/mol. The lowest BCUT2D eigenvalue weighted by Crippen LogP contribution is -2.35. The van der Waals surface area contributed by atoms with Crippen LogP contribution in [-0.4, -0.2) is 60.0 Å². The Morgan fingerprint density at radius 1 is 0.818 bits per heavy atom. The molecule has 182 valence electrons. The second kappa shape index (κ2) is 13.2. The Morgan fingerprint density at radius 2 is 1.36 bits per heavy atom. The van der Waals surface area contributed by atoms with Gasteiger partial charge in [0.1, 0.15) is 29.8 Å². The molecule has 7 heteroatoms. The van der Waals surface area contributed by atoms with E-state index in [4.69, 9.17) is 25.9 Å². The van der Waals surface area contributed by atoms with Gasteiger partial charge in [-0.1, -0.05) is 47.6 Å². The highest BCUT2D eigenvalue weighted by Crippen LogP contribution is 2.26. The lowest BCUT2D eigenvalue weighted by atomic mass is 10.0. The molecule has 0 aliphatic carbocycles. The maximum Gasteiger partial charge on any atom is 0.134 e. The van der Waals surface area contributed by atoms with Crippen molar-refractivity contribution in [3.8, 4) is 11.3 Å². The molecule has 2 unspecified atom stereocenters. The van der Waals surface area contributed by atoms with Crippen molar-refractivity contribution in [1.29, 1.82) is 0 Å². The quantitative estimate of drug-likeness (QED) is 0.343. The smallest absolute Gasteiger partial charge is 0.134 e. The summed E-state index contributed by atoms with van der Waals surface area (Å²) < 4.78 is 5.69. The summed E-state index contributed by atoms with van der Waals surface area (Å²) in [4.78, 5) is 14.3. The van der Waals surface area contributed by atoms with Gasteiger partial charge in [0.25, 0.3) is 0 Å². The van der Waals surface area contributed by atoms with Gasteiger partial charge in [-0.3, -0.25) is 9.80 Å². The molecule has 0 fully saturated rings. The van der Waals surface area contributed by atoms with E-state index < -0.39 is 0 Å². The maximum absolute atomic E-state index is 6.61. The monoisotopic (exact) mass is 454 g/mol. The topological polar surface area (TPSA) is 96.4 Å². The normalized spacial score (nSPS) is 14.8. The highest BCUT2D eigenvalue weighted by atomic mass is 16.3. The fraction of sp³-hybridized carbons (Fsp3) is 0.538. The number of hydrogen-bond donors (Lipinski definition) is 2. The first-order chi connectivity index (χ1) is 15.9. The summed E-state index contributed by atoms with van der Waals surface area (Å²) in [5.74, 6) is 1.73. The van der Waals surface area contributed by atoms with Crippen molar-refractivity contribution in [3.63, 3.8) is 0 Å². The minimum Gasteiger partial charge on any atom is -0.464 e. The van der Waals surface area contributed by atoms with E-state index in [2.05, 4.69) is 51.3 Å². The van der Waals surface area contributed by atoms with Crippen LogP contribution in [0.4, 0.5) is 0 Å². The van der Waals surface area contributed by atoms with Gasteiger partial charge in [0.2, 0.25) is 0 Å². The molecular formula is C26H42N6O. The van der Waals surface area contributed by atoms with E-state index in [-0.39, 0.29) is 12.3 Å². The van der Waals surface area contributed by atoms with Gasteiger partial charge in [0, 0.05) is 16.7 Å². The van der Waals surface area contributed by atoms with Gasteiger partial charge in [0.05, 0.1) is 6.26 Å². The van der Waals surface area contributed by atoms with Gasteiger partial charge in [-0.05, 0) is 63.3 Å². The van der Waals surface area contributed by atoms with Crippen molar-refractivity contribution < 1.29 is 4.42 Å². The zero-order valence-electron chi connectivity index (χ0n) is 21.2. The third-order valence-corrected chi connectivity index (χ3v) is 6.15. The van der Waals surface area contributed by atoms with Crippen molar-refractivity contribution in [1.82, 2.24) is 9.80 Å². The molecule has 0 aliphatic heterocycles. The Labute approximate surface area is 199 Å². The number of furan rings is 1. The zero-order valence-corrected chi connectivity index (χ0v) is 21.2. The van der Waals surface area contributed by atoms with Crippen LogP contribution in [-0.2, 0) is 0 Å². The largest absolute Gasteiger partial charge is 0.464 e. The zero-order chi connectivity index (χ0) is 24.4. The molecule has 0 radical (unpaired) electrons. The summed E-state index contributed by atoms with van der Waals surface area (Å²) >= 11 is 0. The highest BCUT2D eigenvalue weighted by molar-refractivity contribution is 6.06. The van der Waals surface area contributed by atoms with Crippen LogP contribution in [0.25, 0.3) is 11.3 Å². The van der Waals surface area contributed by atoms with Crippen molar-refractivity contribution >= 4 is 11.7 Å². The van der Waals surface area contributed by atoms with Crippen LogP contribution in [0.5, 0.6) is 0 Å². The average Bonchev–Trinajstić information content (AvgIpc) is 3.38. The molecule has 1 heterocycles. The number of nitrogens with two attached hydrogens (primary N) is 2. The summed E-state index contributed by atoms with van der Waals surface area (Å²) in [5, 5.41) is 0. The minimum absolute atomic E-state index is 0.0197. The molecule has 2 aromatic rings. The van der Waals surface area contributed by atoms with Crippen LogP contribution < -0.4 is 11.5 Å². The van der Waals surface area contributed by atoms with Gasteiger partial charge in [0.15, 0.2) is 0 Å². The Bertz CT molecular complexity index is 898. The molecule has 0 saturated heterocycles. The predicted octanol–water partition coefficient (Wildman–Crippen LogP) is 4.51. The molecule has 7 nitrogen and oxygen atoms in total. The predicted molar refractivity (Wildman–Crippen MR) is 140 cm³/mol. The molecule has 2 rings (SSSR count). The molecule has 1 aromatic carbocycles. The first-order valence-electron chi connectivity index (χ1n) is 12.3. The molecule has 2 atom stereocenters. The van der Waals surface area contributed by atoms with Gasteiger partial charge in [-0.15, -0.1) is 0 Å². The van der Waals surface area contributed by atoms with E-state index in [1.807, 2.05) is 30.3 Å². The second-order valence-corrected chi connectivity index (χ2v) is 7.99. The highest BCUT2D eigenvalue weighted by Gasteiger charge is 2.18. The Balaban J connectivity index is 2.55. The lowest BCUT2D eigenvalue weighted by Gasteiger charge is -2.26. The number of nitrogens with zero attached hydrogens (tertiary/aromatic N) is 4. The molecular weight excluding hydrogens is 412 g/mol. The summed E-state index contributed by atoms with van der Waals surface area (Å²) in [6, 6.07) is 9.75. The number of benzene rings is 1. The van der Waals surface area contributed by atoms with Crippen molar-refractivity contribution in [2.24, 2.45) is 21.5 Å². The molecule has 1 aromatic heterocycles. The van der Waals surface area contributed by atoms with Crippen LogP contribution in [0.3, 0.4) is 0 Å². The van der Waals surface area contributed by atoms with Crippen LogP contribution >= 0.6 is 0 Å². The van der Waals surface area contributed by atoms with Gasteiger partial charge in [-0.2, -0.15) is 0 Å². The van der Waals surface area contributed by atoms with E-state index in [1.165, 1.54) is 0 Å². The molecule has 0 bridgehead atoms. The van der Waals surface area contributed by atoms with Crippen molar-refractivity contribution in [3.05, 3.63) is 47.7 Å². The molecule has 0 amide bonds. The number of rotatable bonds is 13. The third-order valence-electron chi connectivity index (χ3n) is 6.15. The SMILES string of the molecule is CCC(/N=C(\N)c1ccc(-c2ccco2)c(/C(N)=N/C(CC)N(CC)CC)c1)N(CC)CC. The van der Waals surface area contributed by atoms with Crippen LogP contribution in [0.15, 0.2) is 51.0 Å². The fourth-order valence-corrected chi connectivity index (χ4v) is 4.18. The summed E-state index contributed by atoms with van der Waals surface area (Å²) in [6.45, 7) is 16.5. The summed E-state index contributed by atoms with van der Waals surface area (Å²) in [7, 11) is 0. The van der Waals surface area contributed by atoms with E-state index in [9.17, 15) is 0 Å². The number of amidine groups is 2. The standard InChI is InChI=1S/C26H42N6O/c1-7-23(31(9-3)10-4)29-25(27)19-15-16-20(22-14-13-17-33-22)21(18-19)26(28)30-24(8-2)32(11-5)12-6/h13-18,23-24H,7-12H2,1-6H3,(H2,27,29)(H2,28,30). The van der Waals surface area contributed by atoms with Gasteiger partial charge < -0.3 is 15.9 Å². The Morgan fingerprint density at radius 3 is 1.82 bits per heavy atom. The summed E-state index contributed by atoms with van der Waals surface area (Å²) in [6.07, 6.45) is 3.50. The minimum atomic E-state index is 0.0197.